The second-order valence-corrected chi connectivity index (χ2v) is 7.52. The number of ether oxygens (including phenoxy) is 2. The number of benzene rings is 1. The SMILES string of the molecule is CC1CN(C(=O)C2CCN(C(=O)COc3ccc(F)cc3F)CC2)CC(C)O1. The Morgan fingerprint density at radius 1 is 1.11 bits per heavy atom. The average Bonchev–Trinajstić information content (AvgIpc) is 2.66. The Bertz CT molecular complexity index is 712. The molecular formula is C20H26F2N2O4. The zero-order valence-electron chi connectivity index (χ0n) is 16.2. The lowest BCUT2D eigenvalue weighted by Crippen LogP contribution is -2.52. The fraction of sp³-hybridized carbons (Fsp3) is 0.600. The van der Waals surface area contributed by atoms with E-state index < -0.39 is 11.6 Å². The van der Waals surface area contributed by atoms with Gasteiger partial charge in [-0.2, -0.15) is 0 Å². The van der Waals surface area contributed by atoms with Crippen molar-refractivity contribution in [3.63, 3.8) is 0 Å². The van der Waals surface area contributed by atoms with Crippen LogP contribution in [0.25, 0.3) is 0 Å². The summed E-state index contributed by atoms with van der Waals surface area (Å²) in [6, 6.07) is 2.95. The zero-order valence-corrected chi connectivity index (χ0v) is 16.2. The van der Waals surface area contributed by atoms with Gasteiger partial charge in [-0.05, 0) is 38.8 Å². The van der Waals surface area contributed by atoms with E-state index in [9.17, 15) is 18.4 Å². The molecule has 28 heavy (non-hydrogen) atoms. The molecule has 2 saturated heterocycles. The van der Waals surface area contributed by atoms with E-state index in [0.717, 1.165) is 12.1 Å². The van der Waals surface area contributed by atoms with Crippen molar-refractivity contribution < 1.29 is 27.8 Å². The Labute approximate surface area is 163 Å². The van der Waals surface area contributed by atoms with Crippen LogP contribution < -0.4 is 4.74 Å². The molecule has 2 aliphatic rings. The summed E-state index contributed by atoms with van der Waals surface area (Å²) in [4.78, 5) is 28.6. The number of rotatable bonds is 4. The third-order valence-corrected chi connectivity index (χ3v) is 5.17. The van der Waals surface area contributed by atoms with Crippen molar-refractivity contribution in [2.24, 2.45) is 5.92 Å². The number of hydrogen-bond acceptors (Lipinski definition) is 4. The van der Waals surface area contributed by atoms with Crippen LogP contribution >= 0.6 is 0 Å². The number of hydrogen-bond donors (Lipinski definition) is 0. The molecule has 0 saturated carbocycles. The van der Waals surface area contributed by atoms with E-state index in [1.54, 1.807) is 4.90 Å². The Hall–Kier alpha value is -2.22. The molecule has 1 aromatic carbocycles. The van der Waals surface area contributed by atoms with E-state index in [2.05, 4.69) is 0 Å². The van der Waals surface area contributed by atoms with E-state index >= 15 is 0 Å². The van der Waals surface area contributed by atoms with Crippen molar-refractivity contribution >= 4 is 11.8 Å². The number of piperidine rings is 1. The molecule has 1 aromatic rings. The van der Waals surface area contributed by atoms with Crippen molar-refractivity contribution in [2.45, 2.75) is 38.9 Å². The predicted molar refractivity (Wildman–Crippen MR) is 97.7 cm³/mol. The summed E-state index contributed by atoms with van der Waals surface area (Å²) < 4.78 is 37.3. The summed E-state index contributed by atoms with van der Waals surface area (Å²) in [7, 11) is 0. The summed E-state index contributed by atoms with van der Waals surface area (Å²) in [5, 5.41) is 0. The van der Waals surface area contributed by atoms with Crippen molar-refractivity contribution in [1.82, 2.24) is 9.80 Å². The third-order valence-electron chi connectivity index (χ3n) is 5.17. The topological polar surface area (TPSA) is 59.1 Å². The molecule has 6 nitrogen and oxygen atoms in total. The van der Waals surface area contributed by atoms with Gasteiger partial charge in [0.15, 0.2) is 18.2 Å². The van der Waals surface area contributed by atoms with Crippen LogP contribution in [0.3, 0.4) is 0 Å². The molecule has 2 aliphatic heterocycles. The van der Waals surface area contributed by atoms with E-state index in [-0.39, 0.29) is 42.3 Å². The van der Waals surface area contributed by atoms with Crippen molar-refractivity contribution in [1.29, 1.82) is 0 Å². The van der Waals surface area contributed by atoms with Crippen LogP contribution in [-0.2, 0) is 14.3 Å². The van der Waals surface area contributed by atoms with Gasteiger partial charge in [0.25, 0.3) is 5.91 Å². The number of carbonyl (C=O) groups excluding carboxylic acids is 2. The lowest BCUT2D eigenvalue weighted by molar-refractivity contribution is -0.150. The smallest absolute Gasteiger partial charge is 0.260 e. The molecule has 2 atom stereocenters. The normalized spacial score (nSPS) is 23.6. The van der Waals surface area contributed by atoms with Gasteiger partial charge in [0.05, 0.1) is 12.2 Å². The van der Waals surface area contributed by atoms with Gasteiger partial charge >= 0.3 is 0 Å². The quantitative estimate of drug-likeness (QED) is 0.783. The van der Waals surface area contributed by atoms with E-state index in [1.807, 2.05) is 18.7 Å². The largest absolute Gasteiger partial charge is 0.481 e. The highest BCUT2D eigenvalue weighted by atomic mass is 19.1. The molecule has 0 bridgehead atoms. The highest BCUT2D eigenvalue weighted by Gasteiger charge is 2.33. The molecule has 2 amide bonds. The summed E-state index contributed by atoms with van der Waals surface area (Å²) in [6.07, 6.45) is 1.24. The zero-order chi connectivity index (χ0) is 20.3. The maximum atomic E-state index is 13.6. The molecule has 0 aliphatic carbocycles. The number of halogens is 2. The number of carbonyl (C=O) groups is 2. The van der Waals surface area contributed by atoms with Gasteiger partial charge in [-0.25, -0.2) is 8.78 Å². The van der Waals surface area contributed by atoms with Gasteiger partial charge in [0.2, 0.25) is 5.91 Å². The summed E-state index contributed by atoms with van der Waals surface area (Å²) >= 11 is 0. The Balaban J connectivity index is 1.46. The molecule has 2 fully saturated rings. The van der Waals surface area contributed by atoms with Crippen LogP contribution in [0.4, 0.5) is 8.78 Å². The minimum Gasteiger partial charge on any atom is -0.481 e. The molecule has 3 rings (SSSR count). The predicted octanol–water partition coefficient (Wildman–Crippen LogP) is 2.22. The molecule has 154 valence electrons. The van der Waals surface area contributed by atoms with E-state index in [1.165, 1.54) is 0 Å². The van der Waals surface area contributed by atoms with Crippen LogP contribution in [0, 0.1) is 17.6 Å². The second kappa shape index (κ2) is 8.86. The van der Waals surface area contributed by atoms with Crippen LogP contribution in [0.1, 0.15) is 26.7 Å². The van der Waals surface area contributed by atoms with Gasteiger partial charge < -0.3 is 19.3 Å². The molecule has 2 unspecified atom stereocenters. The molecule has 0 N–H and O–H groups in total. The van der Waals surface area contributed by atoms with Gasteiger partial charge in [-0.3, -0.25) is 9.59 Å². The first kappa shape index (κ1) is 20.5. The molecular weight excluding hydrogens is 370 g/mol. The Morgan fingerprint density at radius 3 is 2.36 bits per heavy atom. The van der Waals surface area contributed by atoms with Gasteiger partial charge in [-0.15, -0.1) is 0 Å². The fourth-order valence-corrected chi connectivity index (χ4v) is 3.81. The third kappa shape index (κ3) is 4.98. The lowest BCUT2D eigenvalue weighted by atomic mass is 9.94. The number of nitrogens with zero attached hydrogens (tertiary/aromatic N) is 2. The number of morpholine rings is 1. The number of amides is 2. The van der Waals surface area contributed by atoms with Crippen molar-refractivity contribution in [3.05, 3.63) is 29.8 Å². The minimum atomic E-state index is -0.842. The van der Waals surface area contributed by atoms with Crippen LogP contribution in [0.15, 0.2) is 18.2 Å². The van der Waals surface area contributed by atoms with Crippen LogP contribution in [0.5, 0.6) is 5.75 Å². The molecule has 0 spiro atoms. The first-order valence-corrected chi connectivity index (χ1v) is 9.63. The fourth-order valence-electron chi connectivity index (χ4n) is 3.81. The summed E-state index contributed by atoms with van der Waals surface area (Å²) in [5.41, 5.74) is 0. The van der Waals surface area contributed by atoms with Gasteiger partial charge in [-0.1, -0.05) is 0 Å². The van der Waals surface area contributed by atoms with Crippen LogP contribution in [0.2, 0.25) is 0 Å². The monoisotopic (exact) mass is 396 g/mol. The standard InChI is InChI=1S/C20H26F2N2O4/c1-13-10-24(11-14(2)28-13)20(26)15-5-7-23(8-6-15)19(25)12-27-18-4-3-16(21)9-17(18)22/h3-4,9,13-15H,5-8,10-12H2,1-2H3. The van der Waals surface area contributed by atoms with E-state index in [4.69, 9.17) is 9.47 Å². The second-order valence-electron chi connectivity index (χ2n) is 7.52. The number of likely N-dealkylation sites (tertiary alicyclic amines) is 1. The van der Waals surface area contributed by atoms with Crippen molar-refractivity contribution in [2.75, 3.05) is 32.8 Å². The molecule has 8 heteroatoms. The van der Waals surface area contributed by atoms with Crippen LogP contribution in [-0.4, -0.2) is 66.6 Å². The minimum absolute atomic E-state index is 0.0263. The van der Waals surface area contributed by atoms with E-state index in [0.29, 0.717) is 45.1 Å². The Morgan fingerprint density at radius 2 is 1.75 bits per heavy atom. The highest BCUT2D eigenvalue weighted by molar-refractivity contribution is 5.81. The summed E-state index contributed by atoms with van der Waals surface area (Å²) in [5.74, 6) is -1.95. The average molecular weight is 396 g/mol. The maximum Gasteiger partial charge on any atom is 0.260 e. The highest BCUT2D eigenvalue weighted by Crippen LogP contribution is 2.23. The lowest BCUT2D eigenvalue weighted by Gasteiger charge is -2.39. The van der Waals surface area contributed by atoms with Gasteiger partial charge in [0.1, 0.15) is 5.82 Å². The Kier molecular flexibility index (Phi) is 6.49. The first-order valence-electron chi connectivity index (χ1n) is 9.63. The molecule has 0 aromatic heterocycles. The summed E-state index contributed by atoms with van der Waals surface area (Å²) in [6.45, 7) is 5.71. The molecule has 2 heterocycles. The maximum absolute atomic E-state index is 13.6. The van der Waals surface area contributed by atoms with Crippen molar-refractivity contribution in [3.8, 4) is 5.75 Å². The molecule has 0 radical (unpaired) electrons. The van der Waals surface area contributed by atoms with Gasteiger partial charge in [0, 0.05) is 38.2 Å². The first-order chi connectivity index (χ1) is 13.3.